The summed E-state index contributed by atoms with van der Waals surface area (Å²) >= 11 is 0. The van der Waals surface area contributed by atoms with Crippen molar-refractivity contribution in [1.82, 2.24) is 10.2 Å². The molecule has 0 bridgehead atoms. The molecular weight excluding hydrogens is 240 g/mol. The van der Waals surface area contributed by atoms with E-state index in [0.717, 1.165) is 42.9 Å². The van der Waals surface area contributed by atoms with E-state index in [9.17, 15) is 4.79 Å². The topological polar surface area (TPSA) is 41.6 Å². The predicted octanol–water partition coefficient (Wildman–Crippen LogP) is 1.69. The number of nitrogens with one attached hydrogen (secondary N) is 1. The van der Waals surface area contributed by atoms with E-state index in [1.54, 1.807) is 7.11 Å². The molecule has 1 aromatic rings. The Hall–Kier alpha value is -1.55. The molecule has 1 fully saturated rings. The van der Waals surface area contributed by atoms with Crippen molar-refractivity contribution in [3.63, 3.8) is 0 Å². The van der Waals surface area contributed by atoms with E-state index < -0.39 is 0 Å². The first kappa shape index (κ1) is 13.9. The molecule has 2 rings (SSSR count). The maximum atomic E-state index is 12.5. The number of nitrogens with zero attached hydrogens (tertiary/aromatic N) is 1. The van der Waals surface area contributed by atoms with Gasteiger partial charge in [-0.25, -0.2) is 0 Å². The SMILES string of the molecule is CCc1cc(C(=O)N2CCNCC2C)ccc1OC. The van der Waals surface area contributed by atoms with E-state index in [0.29, 0.717) is 0 Å². The van der Waals surface area contributed by atoms with Crippen molar-refractivity contribution in [3.05, 3.63) is 29.3 Å². The van der Waals surface area contributed by atoms with E-state index in [1.807, 2.05) is 23.1 Å². The standard InChI is InChI=1S/C15H22N2O2/c1-4-12-9-13(5-6-14(12)19-3)15(18)17-8-7-16-10-11(17)2/h5-6,9,11,16H,4,7-8,10H2,1-3H3. The fourth-order valence-electron chi connectivity index (χ4n) is 2.50. The van der Waals surface area contributed by atoms with Gasteiger partial charge in [-0.3, -0.25) is 4.79 Å². The van der Waals surface area contributed by atoms with Gasteiger partial charge in [0, 0.05) is 31.2 Å². The summed E-state index contributed by atoms with van der Waals surface area (Å²) in [6, 6.07) is 5.94. The van der Waals surface area contributed by atoms with Gasteiger partial charge in [0.15, 0.2) is 0 Å². The number of carbonyl (C=O) groups is 1. The zero-order valence-electron chi connectivity index (χ0n) is 11.9. The molecule has 0 aromatic heterocycles. The summed E-state index contributed by atoms with van der Waals surface area (Å²) < 4.78 is 5.30. The van der Waals surface area contributed by atoms with Crippen LogP contribution in [0.2, 0.25) is 0 Å². The minimum Gasteiger partial charge on any atom is -0.496 e. The second kappa shape index (κ2) is 6.06. The lowest BCUT2D eigenvalue weighted by molar-refractivity contribution is 0.0655. The van der Waals surface area contributed by atoms with Crippen molar-refractivity contribution >= 4 is 5.91 Å². The largest absolute Gasteiger partial charge is 0.496 e. The average molecular weight is 262 g/mol. The number of rotatable bonds is 3. The second-order valence-corrected chi connectivity index (χ2v) is 4.93. The zero-order valence-corrected chi connectivity index (χ0v) is 11.9. The van der Waals surface area contributed by atoms with Crippen molar-refractivity contribution in [1.29, 1.82) is 0 Å². The third-order valence-corrected chi connectivity index (χ3v) is 3.67. The summed E-state index contributed by atoms with van der Waals surface area (Å²) in [5.74, 6) is 0.971. The number of methoxy groups -OCH3 is 1. The summed E-state index contributed by atoms with van der Waals surface area (Å²) in [6.45, 7) is 6.65. The summed E-state index contributed by atoms with van der Waals surface area (Å²) in [5.41, 5.74) is 1.84. The van der Waals surface area contributed by atoms with Gasteiger partial charge < -0.3 is 15.0 Å². The van der Waals surface area contributed by atoms with Gasteiger partial charge in [-0.1, -0.05) is 6.92 Å². The van der Waals surface area contributed by atoms with Crippen LogP contribution < -0.4 is 10.1 Å². The van der Waals surface area contributed by atoms with Gasteiger partial charge in [-0.15, -0.1) is 0 Å². The highest BCUT2D eigenvalue weighted by Crippen LogP contribution is 2.21. The number of piperazine rings is 1. The van der Waals surface area contributed by atoms with Gasteiger partial charge in [0.1, 0.15) is 5.75 Å². The van der Waals surface area contributed by atoms with Crippen LogP contribution in [0.4, 0.5) is 0 Å². The quantitative estimate of drug-likeness (QED) is 0.901. The molecule has 4 nitrogen and oxygen atoms in total. The van der Waals surface area contributed by atoms with Gasteiger partial charge in [0.25, 0.3) is 5.91 Å². The Bertz CT molecular complexity index is 459. The van der Waals surface area contributed by atoms with Gasteiger partial charge in [-0.05, 0) is 37.1 Å². The Morgan fingerprint density at radius 3 is 2.95 bits per heavy atom. The lowest BCUT2D eigenvalue weighted by Gasteiger charge is -2.34. The molecule has 0 radical (unpaired) electrons. The van der Waals surface area contributed by atoms with E-state index >= 15 is 0 Å². The van der Waals surface area contributed by atoms with E-state index in [1.165, 1.54) is 0 Å². The first-order valence-electron chi connectivity index (χ1n) is 6.86. The molecule has 1 aliphatic heterocycles. The molecule has 4 heteroatoms. The number of ether oxygens (including phenoxy) is 1. The Labute approximate surface area is 114 Å². The van der Waals surface area contributed by atoms with Gasteiger partial charge in [0.05, 0.1) is 7.11 Å². The minimum atomic E-state index is 0.117. The Kier molecular flexibility index (Phi) is 4.43. The molecule has 0 spiro atoms. The van der Waals surface area contributed by atoms with Crippen LogP contribution in [0.1, 0.15) is 29.8 Å². The Morgan fingerprint density at radius 1 is 1.53 bits per heavy atom. The maximum Gasteiger partial charge on any atom is 0.254 e. The molecule has 0 aliphatic carbocycles. The maximum absolute atomic E-state index is 12.5. The molecule has 1 aromatic carbocycles. The first-order chi connectivity index (χ1) is 9.17. The number of aryl methyl sites for hydroxylation is 1. The number of hydrogen-bond donors (Lipinski definition) is 1. The highest BCUT2D eigenvalue weighted by Gasteiger charge is 2.24. The van der Waals surface area contributed by atoms with Gasteiger partial charge in [0.2, 0.25) is 0 Å². The molecule has 19 heavy (non-hydrogen) atoms. The number of amides is 1. The van der Waals surface area contributed by atoms with Crippen LogP contribution in [0.5, 0.6) is 5.75 Å². The highest BCUT2D eigenvalue weighted by molar-refractivity contribution is 5.95. The van der Waals surface area contributed by atoms with Crippen molar-refractivity contribution < 1.29 is 9.53 Å². The monoisotopic (exact) mass is 262 g/mol. The predicted molar refractivity (Wildman–Crippen MR) is 75.7 cm³/mol. The fourth-order valence-corrected chi connectivity index (χ4v) is 2.50. The van der Waals surface area contributed by atoms with Gasteiger partial charge in [-0.2, -0.15) is 0 Å². The van der Waals surface area contributed by atoms with E-state index in [-0.39, 0.29) is 11.9 Å². The van der Waals surface area contributed by atoms with E-state index in [2.05, 4.69) is 19.2 Å². The molecule has 1 amide bonds. The molecule has 1 N–H and O–H groups in total. The molecule has 1 unspecified atom stereocenters. The average Bonchev–Trinajstić information content (AvgIpc) is 2.46. The molecule has 1 atom stereocenters. The summed E-state index contributed by atoms with van der Waals surface area (Å²) in [4.78, 5) is 14.5. The molecular formula is C15H22N2O2. The smallest absolute Gasteiger partial charge is 0.254 e. The van der Waals surface area contributed by atoms with Crippen LogP contribution in [0.25, 0.3) is 0 Å². The Morgan fingerprint density at radius 2 is 2.32 bits per heavy atom. The van der Waals surface area contributed by atoms with E-state index in [4.69, 9.17) is 4.74 Å². The van der Waals surface area contributed by atoms with Crippen molar-refractivity contribution in [3.8, 4) is 5.75 Å². The van der Waals surface area contributed by atoms with Crippen molar-refractivity contribution in [2.45, 2.75) is 26.3 Å². The normalized spacial score (nSPS) is 19.3. The number of benzene rings is 1. The third-order valence-electron chi connectivity index (χ3n) is 3.67. The van der Waals surface area contributed by atoms with Crippen LogP contribution >= 0.6 is 0 Å². The van der Waals surface area contributed by atoms with Gasteiger partial charge >= 0.3 is 0 Å². The van der Waals surface area contributed by atoms with Crippen LogP contribution in [-0.2, 0) is 6.42 Å². The molecule has 1 saturated heterocycles. The summed E-state index contributed by atoms with van der Waals surface area (Å²) in [7, 11) is 1.66. The Balaban J connectivity index is 2.23. The van der Waals surface area contributed by atoms with Crippen LogP contribution in [0.3, 0.4) is 0 Å². The lowest BCUT2D eigenvalue weighted by Crippen LogP contribution is -2.52. The van der Waals surface area contributed by atoms with Crippen LogP contribution in [-0.4, -0.2) is 43.6 Å². The third kappa shape index (κ3) is 2.89. The van der Waals surface area contributed by atoms with Crippen molar-refractivity contribution in [2.75, 3.05) is 26.7 Å². The molecule has 1 heterocycles. The summed E-state index contributed by atoms with van der Waals surface area (Å²) in [6.07, 6.45) is 0.863. The van der Waals surface area contributed by atoms with Crippen LogP contribution in [0.15, 0.2) is 18.2 Å². The lowest BCUT2D eigenvalue weighted by atomic mass is 10.1. The van der Waals surface area contributed by atoms with Crippen molar-refractivity contribution in [2.24, 2.45) is 0 Å². The molecule has 1 aliphatic rings. The highest BCUT2D eigenvalue weighted by atomic mass is 16.5. The fraction of sp³-hybridized carbons (Fsp3) is 0.533. The second-order valence-electron chi connectivity index (χ2n) is 4.93. The summed E-state index contributed by atoms with van der Waals surface area (Å²) in [5, 5.41) is 3.30. The van der Waals surface area contributed by atoms with Crippen LogP contribution in [0, 0.1) is 0 Å². The minimum absolute atomic E-state index is 0.117. The zero-order chi connectivity index (χ0) is 13.8. The molecule has 104 valence electrons. The number of carbonyl (C=O) groups excluding carboxylic acids is 1. The molecule has 0 saturated carbocycles. The first-order valence-corrected chi connectivity index (χ1v) is 6.86. The number of hydrogen-bond acceptors (Lipinski definition) is 3.